The van der Waals surface area contributed by atoms with Crippen molar-refractivity contribution in [3.05, 3.63) is 16.6 Å². The largest absolute Gasteiger partial charge is 0.308 e. The van der Waals surface area contributed by atoms with Gasteiger partial charge in [-0.05, 0) is 12.8 Å². The van der Waals surface area contributed by atoms with Crippen molar-refractivity contribution in [1.82, 2.24) is 10.3 Å². The lowest BCUT2D eigenvalue weighted by Gasteiger charge is -2.20. The first-order valence-electron chi connectivity index (χ1n) is 6.07. The van der Waals surface area contributed by atoms with Gasteiger partial charge in [0, 0.05) is 24.2 Å². The Morgan fingerprint density at radius 3 is 2.60 bits per heavy atom. The third-order valence-electron chi connectivity index (χ3n) is 3.13. The van der Waals surface area contributed by atoms with Crippen LogP contribution in [0.15, 0.2) is 11.6 Å². The summed E-state index contributed by atoms with van der Waals surface area (Å²) in [5.41, 5.74) is 0. The summed E-state index contributed by atoms with van der Waals surface area (Å²) in [6.07, 6.45) is 11.7. The molecule has 0 atom stereocenters. The molecule has 1 heterocycles. The van der Waals surface area contributed by atoms with Crippen LogP contribution < -0.4 is 5.32 Å². The van der Waals surface area contributed by atoms with Crippen LogP contribution in [-0.4, -0.2) is 11.0 Å². The number of rotatable bonds is 3. The molecule has 0 spiro atoms. The molecule has 0 unspecified atom stereocenters. The van der Waals surface area contributed by atoms with Gasteiger partial charge < -0.3 is 5.32 Å². The minimum Gasteiger partial charge on any atom is -0.308 e. The van der Waals surface area contributed by atoms with Gasteiger partial charge in [-0.25, -0.2) is 4.98 Å². The number of hydrogen-bond acceptors (Lipinski definition) is 3. The fourth-order valence-corrected chi connectivity index (χ4v) is 2.80. The van der Waals surface area contributed by atoms with Gasteiger partial charge in [0.2, 0.25) is 0 Å². The Kier molecular flexibility index (Phi) is 4.61. The van der Waals surface area contributed by atoms with Crippen LogP contribution in [0.5, 0.6) is 0 Å². The van der Waals surface area contributed by atoms with Gasteiger partial charge in [-0.2, -0.15) is 0 Å². The molecule has 0 aliphatic heterocycles. The molecule has 84 valence electrons. The molecule has 0 amide bonds. The highest BCUT2D eigenvalue weighted by Crippen LogP contribution is 2.17. The molecule has 1 aliphatic carbocycles. The van der Waals surface area contributed by atoms with E-state index in [0.29, 0.717) is 0 Å². The molecule has 1 fully saturated rings. The second-order valence-corrected chi connectivity index (χ2v) is 5.33. The number of hydrogen-bond donors (Lipinski definition) is 1. The van der Waals surface area contributed by atoms with Gasteiger partial charge in [0.15, 0.2) is 0 Å². The fraction of sp³-hybridized carbons (Fsp3) is 0.750. The molecular weight excluding hydrogens is 204 g/mol. The first-order valence-corrected chi connectivity index (χ1v) is 6.95. The van der Waals surface area contributed by atoms with Crippen molar-refractivity contribution in [2.75, 3.05) is 0 Å². The van der Waals surface area contributed by atoms with Crippen molar-refractivity contribution in [3.8, 4) is 0 Å². The van der Waals surface area contributed by atoms with E-state index in [9.17, 15) is 0 Å². The lowest BCUT2D eigenvalue weighted by atomic mass is 9.97. The van der Waals surface area contributed by atoms with Crippen LogP contribution in [0, 0.1) is 0 Å². The predicted octanol–water partition coefficient (Wildman–Crippen LogP) is 3.35. The minimum atomic E-state index is 0.731. The molecule has 1 saturated carbocycles. The van der Waals surface area contributed by atoms with Crippen LogP contribution >= 0.6 is 11.3 Å². The van der Waals surface area contributed by atoms with Crippen molar-refractivity contribution in [2.24, 2.45) is 0 Å². The van der Waals surface area contributed by atoms with Crippen molar-refractivity contribution in [1.29, 1.82) is 0 Å². The molecule has 0 saturated heterocycles. The summed E-state index contributed by atoms with van der Waals surface area (Å²) < 4.78 is 0. The standard InChI is InChI=1S/C12H20N2S/c1-2-4-6-11(7-5-3-1)14-10-12-13-8-9-15-12/h8-9,11,14H,1-7,10H2. The van der Waals surface area contributed by atoms with E-state index >= 15 is 0 Å². The van der Waals surface area contributed by atoms with Crippen LogP contribution in [0.4, 0.5) is 0 Å². The van der Waals surface area contributed by atoms with E-state index in [1.807, 2.05) is 6.20 Å². The van der Waals surface area contributed by atoms with E-state index in [4.69, 9.17) is 0 Å². The van der Waals surface area contributed by atoms with Gasteiger partial charge in [0.25, 0.3) is 0 Å². The summed E-state index contributed by atoms with van der Waals surface area (Å²) in [4.78, 5) is 4.30. The average Bonchev–Trinajstić information content (AvgIpc) is 2.68. The van der Waals surface area contributed by atoms with Gasteiger partial charge in [-0.15, -0.1) is 11.3 Å². The minimum absolute atomic E-state index is 0.731. The van der Waals surface area contributed by atoms with Crippen LogP contribution in [0.2, 0.25) is 0 Å². The first-order chi connectivity index (χ1) is 7.45. The molecule has 15 heavy (non-hydrogen) atoms. The Morgan fingerprint density at radius 2 is 1.93 bits per heavy atom. The number of nitrogens with zero attached hydrogens (tertiary/aromatic N) is 1. The molecule has 1 aliphatic rings. The van der Waals surface area contributed by atoms with E-state index in [-0.39, 0.29) is 0 Å². The first kappa shape index (κ1) is 11.1. The maximum atomic E-state index is 4.30. The molecule has 0 bridgehead atoms. The summed E-state index contributed by atoms with van der Waals surface area (Å²) in [7, 11) is 0. The van der Waals surface area contributed by atoms with E-state index in [2.05, 4.69) is 15.7 Å². The third kappa shape index (κ3) is 3.92. The van der Waals surface area contributed by atoms with E-state index in [1.165, 1.54) is 50.0 Å². The molecule has 1 aromatic heterocycles. The van der Waals surface area contributed by atoms with Gasteiger partial charge in [-0.1, -0.05) is 32.1 Å². The SMILES string of the molecule is c1csc(CNC2CCCCCCC2)n1. The van der Waals surface area contributed by atoms with Crippen LogP contribution in [0.25, 0.3) is 0 Å². The number of thiazole rings is 1. The Balaban J connectivity index is 1.72. The average molecular weight is 224 g/mol. The molecule has 2 rings (SSSR count). The molecule has 1 N–H and O–H groups in total. The van der Waals surface area contributed by atoms with Crippen molar-refractivity contribution in [2.45, 2.75) is 57.5 Å². The predicted molar refractivity (Wildman–Crippen MR) is 65.1 cm³/mol. The second kappa shape index (κ2) is 6.23. The van der Waals surface area contributed by atoms with E-state index < -0.39 is 0 Å². The topological polar surface area (TPSA) is 24.9 Å². The normalized spacial score (nSPS) is 19.7. The maximum absolute atomic E-state index is 4.30. The van der Waals surface area contributed by atoms with Gasteiger partial charge in [0.1, 0.15) is 5.01 Å². The van der Waals surface area contributed by atoms with E-state index in [0.717, 1.165) is 12.6 Å². The summed E-state index contributed by atoms with van der Waals surface area (Å²) in [6.45, 7) is 0.961. The molecule has 2 nitrogen and oxygen atoms in total. The Hall–Kier alpha value is -0.410. The fourth-order valence-electron chi connectivity index (χ4n) is 2.23. The van der Waals surface area contributed by atoms with E-state index in [1.54, 1.807) is 11.3 Å². The molecular formula is C12H20N2S. The Labute approximate surface area is 96.1 Å². The number of nitrogens with one attached hydrogen (secondary N) is 1. The summed E-state index contributed by atoms with van der Waals surface area (Å²) in [5.74, 6) is 0. The summed E-state index contributed by atoms with van der Waals surface area (Å²) >= 11 is 1.75. The highest BCUT2D eigenvalue weighted by atomic mass is 32.1. The van der Waals surface area contributed by atoms with Crippen molar-refractivity contribution >= 4 is 11.3 Å². The molecule has 1 aromatic rings. The Bertz CT molecular complexity index is 251. The summed E-state index contributed by atoms with van der Waals surface area (Å²) in [5, 5.41) is 6.91. The monoisotopic (exact) mass is 224 g/mol. The number of aromatic nitrogens is 1. The molecule has 0 aromatic carbocycles. The van der Waals surface area contributed by atoms with Gasteiger partial charge >= 0.3 is 0 Å². The van der Waals surface area contributed by atoms with Gasteiger partial charge in [-0.3, -0.25) is 0 Å². The lowest BCUT2D eigenvalue weighted by molar-refractivity contribution is 0.389. The zero-order valence-corrected chi connectivity index (χ0v) is 10.1. The Morgan fingerprint density at radius 1 is 1.20 bits per heavy atom. The molecule has 3 heteroatoms. The zero-order valence-electron chi connectivity index (χ0n) is 9.24. The lowest BCUT2D eigenvalue weighted by Crippen LogP contribution is -2.29. The highest BCUT2D eigenvalue weighted by Gasteiger charge is 2.10. The highest BCUT2D eigenvalue weighted by molar-refractivity contribution is 7.09. The molecule has 0 radical (unpaired) electrons. The van der Waals surface area contributed by atoms with Crippen LogP contribution in [0.3, 0.4) is 0 Å². The second-order valence-electron chi connectivity index (χ2n) is 4.35. The smallest absolute Gasteiger partial charge is 0.106 e. The van der Waals surface area contributed by atoms with Crippen LogP contribution in [-0.2, 0) is 6.54 Å². The van der Waals surface area contributed by atoms with Crippen molar-refractivity contribution < 1.29 is 0 Å². The van der Waals surface area contributed by atoms with Crippen LogP contribution in [0.1, 0.15) is 50.0 Å². The summed E-state index contributed by atoms with van der Waals surface area (Å²) in [6, 6.07) is 0.731. The maximum Gasteiger partial charge on any atom is 0.106 e. The van der Waals surface area contributed by atoms with Crippen molar-refractivity contribution in [3.63, 3.8) is 0 Å². The third-order valence-corrected chi connectivity index (χ3v) is 3.91. The van der Waals surface area contributed by atoms with Gasteiger partial charge in [0.05, 0.1) is 0 Å². The zero-order chi connectivity index (χ0) is 10.3. The quantitative estimate of drug-likeness (QED) is 0.851.